The fourth-order valence-electron chi connectivity index (χ4n) is 2.52. The number of likely N-dealkylation sites (N-methyl/N-ethyl adjacent to an activating group) is 1. The van der Waals surface area contributed by atoms with Gasteiger partial charge >= 0.3 is 0 Å². The molecule has 3 N–H and O–H groups in total. The molecule has 0 amide bonds. The highest BCUT2D eigenvalue weighted by Gasteiger charge is 2.34. The molecular formula is C13H23FN4. The standard InChI is InChI=1S/C13H23FN4/c1-5-18(6-2)13(3,4)12(17-15)10-7-11(14)9-16-8-10/h7-9,12,17H,5-6,15H2,1-4H3. The van der Waals surface area contributed by atoms with Gasteiger partial charge in [0.2, 0.25) is 0 Å². The molecule has 4 nitrogen and oxygen atoms in total. The van der Waals surface area contributed by atoms with Crippen molar-refractivity contribution in [2.45, 2.75) is 39.3 Å². The lowest BCUT2D eigenvalue weighted by atomic mass is 9.88. The molecule has 0 spiro atoms. The molecular weight excluding hydrogens is 231 g/mol. The minimum atomic E-state index is -0.344. The molecule has 1 atom stereocenters. The van der Waals surface area contributed by atoms with Crippen molar-refractivity contribution in [3.8, 4) is 0 Å². The summed E-state index contributed by atoms with van der Waals surface area (Å²) < 4.78 is 13.3. The highest BCUT2D eigenvalue weighted by Crippen LogP contribution is 2.30. The van der Waals surface area contributed by atoms with Gasteiger partial charge in [0, 0.05) is 11.7 Å². The average Bonchev–Trinajstić information content (AvgIpc) is 2.30. The van der Waals surface area contributed by atoms with E-state index >= 15 is 0 Å². The van der Waals surface area contributed by atoms with E-state index in [1.165, 1.54) is 12.3 Å². The van der Waals surface area contributed by atoms with E-state index in [1.54, 1.807) is 6.20 Å². The van der Waals surface area contributed by atoms with Crippen molar-refractivity contribution in [2.24, 2.45) is 5.84 Å². The molecule has 0 fully saturated rings. The first-order chi connectivity index (χ1) is 8.47. The van der Waals surface area contributed by atoms with Crippen LogP contribution in [0.4, 0.5) is 4.39 Å². The zero-order valence-corrected chi connectivity index (χ0v) is 11.6. The van der Waals surface area contributed by atoms with Crippen LogP contribution in [0.15, 0.2) is 18.5 Å². The van der Waals surface area contributed by atoms with Crippen LogP contribution in [0.25, 0.3) is 0 Å². The van der Waals surface area contributed by atoms with Crippen LogP contribution in [0, 0.1) is 5.82 Å². The van der Waals surface area contributed by atoms with Crippen molar-refractivity contribution in [2.75, 3.05) is 13.1 Å². The van der Waals surface area contributed by atoms with E-state index in [4.69, 9.17) is 5.84 Å². The zero-order chi connectivity index (χ0) is 13.8. The highest BCUT2D eigenvalue weighted by atomic mass is 19.1. The molecule has 0 saturated heterocycles. The van der Waals surface area contributed by atoms with Gasteiger partial charge < -0.3 is 0 Å². The Labute approximate surface area is 108 Å². The first-order valence-electron chi connectivity index (χ1n) is 6.29. The third kappa shape index (κ3) is 3.04. The monoisotopic (exact) mass is 254 g/mol. The Morgan fingerprint density at radius 1 is 1.39 bits per heavy atom. The smallest absolute Gasteiger partial charge is 0.141 e. The van der Waals surface area contributed by atoms with Gasteiger partial charge in [-0.25, -0.2) is 4.39 Å². The van der Waals surface area contributed by atoms with Crippen molar-refractivity contribution in [3.63, 3.8) is 0 Å². The molecule has 1 aromatic rings. The fraction of sp³-hybridized carbons (Fsp3) is 0.615. The molecule has 1 heterocycles. The van der Waals surface area contributed by atoms with Crippen molar-refractivity contribution in [3.05, 3.63) is 29.8 Å². The summed E-state index contributed by atoms with van der Waals surface area (Å²) >= 11 is 0. The second-order valence-corrected chi connectivity index (χ2v) is 4.86. The largest absolute Gasteiger partial charge is 0.297 e. The molecule has 1 unspecified atom stereocenters. The Morgan fingerprint density at radius 2 is 2.00 bits per heavy atom. The van der Waals surface area contributed by atoms with Gasteiger partial charge in [-0.05, 0) is 38.6 Å². The van der Waals surface area contributed by atoms with Gasteiger partial charge in [0.1, 0.15) is 5.82 Å². The molecule has 5 heteroatoms. The molecule has 0 aliphatic rings. The summed E-state index contributed by atoms with van der Waals surface area (Å²) in [5.41, 5.74) is 3.32. The molecule has 0 aromatic carbocycles. The summed E-state index contributed by atoms with van der Waals surface area (Å²) in [5.74, 6) is 5.32. The predicted octanol–water partition coefficient (Wildman–Crippen LogP) is 1.85. The minimum Gasteiger partial charge on any atom is -0.297 e. The third-order valence-corrected chi connectivity index (χ3v) is 3.51. The SMILES string of the molecule is CCN(CC)C(C)(C)C(NN)c1cncc(F)c1. The lowest BCUT2D eigenvalue weighted by Crippen LogP contribution is -2.54. The Hall–Kier alpha value is -1.04. The van der Waals surface area contributed by atoms with Crippen LogP contribution >= 0.6 is 0 Å². The molecule has 18 heavy (non-hydrogen) atoms. The average molecular weight is 254 g/mol. The predicted molar refractivity (Wildman–Crippen MR) is 71.3 cm³/mol. The number of pyridine rings is 1. The Morgan fingerprint density at radius 3 is 2.44 bits per heavy atom. The summed E-state index contributed by atoms with van der Waals surface area (Å²) in [6.45, 7) is 10.2. The van der Waals surface area contributed by atoms with Crippen LogP contribution in [0.3, 0.4) is 0 Å². The number of hydrazine groups is 1. The second-order valence-electron chi connectivity index (χ2n) is 4.86. The normalized spacial score (nSPS) is 13.9. The van der Waals surface area contributed by atoms with E-state index in [1.807, 2.05) is 0 Å². The maximum Gasteiger partial charge on any atom is 0.141 e. The molecule has 102 valence electrons. The highest BCUT2D eigenvalue weighted by molar-refractivity contribution is 5.19. The van der Waals surface area contributed by atoms with Crippen LogP contribution < -0.4 is 11.3 Å². The number of aromatic nitrogens is 1. The van der Waals surface area contributed by atoms with E-state index in [0.29, 0.717) is 0 Å². The Bertz CT molecular complexity index is 377. The van der Waals surface area contributed by atoms with Crippen LogP contribution in [-0.4, -0.2) is 28.5 Å². The number of nitrogens with zero attached hydrogens (tertiary/aromatic N) is 2. The van der Waals surface area contributed by atoms with Gasteiger partial charge in [-0.3, -0.25) is 21.2 Å². The first-order valence-corrected chi connectivity index (χ1v) is 6.29. The molecule has 0 saturated carbocycles. The maximum absolute atomic E-state index is 13.3. The van der Waals surface area contributed by atoms with Gasteiger partial charge in [-0.15, -0.1) is 0 Å². The van der Waals surface area contributed by atoms with Gasteiger partial charge in [-0.1, -0.05) is 13.8 Å². The number of nitrogens with two attached hydrogens (primary N) is 1. The lowest BCUT2D eigenvalue weighted by molar-refractivity contribution is 0.0910. The molecule has 0 aliphatic heterocycles. The molecule has 0 radical (unpaired) electrons. The summed E-state index contributed by atoms with van der Waals surface area (Å²) in [7, 11) is 0. The number of hydrogen-bond donors (Lipinski definition) is 2. The van der Waals surface area contributed by atoms with Gasteiger partial charge in [0.15, 0.2) is 0 Å². The first kappa shape index (κ1) is 15.0. The number of rotatable bonds is 6. The number of nitrogens with one attached hydrogen (secondary N) is 1. The van der Waals surface area contributed by atoms with Gasteiger partial charge in [-0.2, -0.15) is 0 Å². The summed E-state index contributed by atoms with van der Waals surface area (Å²) in [5, 5.41) is 0. The molecule has 1 rings (SSSR count). The number of halogens is 1. The Kier molecular flexibility index (Phi) is 5.19. The Balaban J connectivity index is 3.08. The topological polar surface area (TPSA) is 54.2 Å². The van der Waals surface area contributed by atoms with E-state index in [9.17, 15) is 4.39 Å². The summed E-state index contributed by atoms with van der Waals surface area (Å²) in [6.07, 6.45) is 2.85. The van der Waals surface area contributed by atoms with Crippen molar-refractivity contribution < 1.29 is 4.39 Å². The molecule has 1 aromatic heterocycles. The van der Waals surface area contributed by atoms with E-state index in [-0.39, 0.29) is 17.4 Å². The fourth-order valence-corrected chi connectivity index (χ4v) is 2.52. The van der Waals surface area contributed by atoms with E-state index in [0.717, 1.165) is 18.7 Å². The maximum atomic E-state index is 13.3. The van der Waals surface area contributed by atoms with Crippen LogP contribution in [0.2, 0.25) is 0 Å². The lowest BCUT2D eigenvalue weighted by Gasteiger charge is -2.43. The minimum absolute atomic E-state index is 0.180. The van der Waals surface area contributed by atoms with Crippen LogP contribution in [0.1, 0.15) is 39.3 Å². The third-order valence-electron chi connectivity index (χ3n) is 3.51. The van der Waals surface area contributed by atoms with E-state index < -0.39 is 0 Å². The van der Waals surface area contributed by atoms with E-state index in [2.05, 4.69) is 43.0 Å². The summed E-state index contributed by atoms with van der Waals surface area (Å²) in [4.78, 5) is 6.17. The summed E-state index contributed by atoms with van der Waals surface area (Å²) in [6, 6.07) is 1.29. The van der Waals surface area contributed by atoms with Gasteiger partial charge in [0.25, 0.3) is 0 Å². The zero-order valence-electron chi connectivity index (χ0n) is 11.6. The van der Waals surface area contributed by atoms with Crippen molar-refractivity contribution >= 4 is 0 Å². The number of hydrogen-bond acceptors (Lipinski definition) is 4. The van der Waals surface area contributed by atoms with Crippen molar-refractivity contribution in [1.29, 1.82) is 0 Å². The molecule has 0 aliphatic carbocycles. The van der Waals surface area contributed by atoms with Gasteiger partial charge in [0.05, 0.1) is 12.2 Å². The second kappa shape index (κ2) is 6.22. The quantitative estimate of drug-likeness (QED) is 0.601. The van der Waals surface area contributed by atoms with Crippen LogP contribution in [0.5, 0.6) is 0 Å². The van der Waals surface area contributed by atoms with Crippen molar-refractivity contribution in [1.82, 2.24) is 15.3 Å². The van der Waals surface area contributed by atoms with Crippen LogP contribution in [-0.2, 0) is 0 Å². The molecule has 0 bridgehead atoms.